The predicted octanol–water partition coefficient (Wildman–Crippen LogP) is 5.85. The first-order valence-corrected chi connectivity index (χ1v) is 7.91. The molecule has 0 atom stereocenters. The Bertz CT molecular complexity index is 162. The molecule has 2 aliphatic carbocycles. The van der Waals surface area contributed by atoms with Gasteiger partial charge in [-0.2, -0.15) is 0 Å². The van der Waals surface area contributed by atoms with E-state index in [1.165, 1.54) is 63.4 Å². The van der Waals surface area contributed by atoms with Crippen molar-refractivity contribution in [1.29, 1.82) is 2.67 Å². The van der Waals surface area contributed by atoms with Crippen LogP contribution in [0.5, 0.6) is 0 Å². The molecule has 0 amide bonds. The minimum atomic E-state index is 0.542. The summed E-state index contributed by atoms with van der Waals surface area (Å²) in [6.45, 7) is 16.4. The zero-order valence-electron chi connectivity index (χ0n) is 17.2. The lowest BCUT2D eigenvalue weighted by Crippen LogP contribution is -2.00. The first-order valence-electron chi connectivity index (χ1n) is 9.07. The van der Waals surface area contributed by atoms with E-state index in [9.17, 15) is 0 Å². The predicted molar refractivity (Wildman–Crippen MR) is 101 cm³/mol. The maximum Gasteiger partial charge on any atom is 0.0379 e. The van der Waals surface area contributed by atoms with Crippen LogP contribution in [0.1, 0.15) is 99.3 Å². The van der Waals surface area contributed by atoms with Crippen LogP contribution >= 0.6 is 0 Å². The summed E-state index contributed by atoms with van der Waals surface area (Å²) in [7, 11) is 7.50. The van der Waals surface area contributed by atoms with E-state index in [-0.39, 0.29) is 0 Å². The van der Waals surface area contributed by atoms with Gasteiger partial charge >= 0.3 is 0 Å². The fraction of sp³-hybridized carbons (Fsp3) is 0.889. The van der Waals surface area contributed by atoms with E-state index < -0.39 is 0 Å². The Kier molecular flexibility index (Phi) is 20.9. The minimum absolute atomic E-state index is 0.542. The Hall–Kier alpha value is -0.130. The molecule has 4 radical (unpaired) electrons. The Morgan fingerprint density at radius 3 is 0.950 bits per heavy atom. The molecule has 2 rings (SSSR count). The van der Waals surface area contributed by atoms with Crippen LogP contribution in [-0.4, -0.2) is 19.4 Å². The fourth-order valence-corrected chi connectivity index (χ4v) is 0.500. The van der Waals surface area contributed by atoms with Crippen molar-refractivity contribution in [3.8, 4) is 0 Å². The third-order valence-corrected chi connectivity index (χ3v) is 3.06. The largest absolute Gasteiger partial charge is 0.100 e. The SMILES string of the molecule is C1CCC1.C1CCC1.C=C(C)C.CCC(C)(C)C.[2H][B].[2H][B]. The molecule has 0 heterocycles. The standard InChI is InChI=1S/C6H14.3C4H8.2BH/c1-5-6(2,3)4;2*1-2-4-3-1;1-4(2)3;;/h5H2,1-4H3;2*1-4H2;1H2,2-3H3;2*1H/i;;;;2*1D. The molecule has 20 heavy (non-hydrogen) atoms. The number of rotatable bonds is 0. The van der Waals surface area contributed by atoms with Gasteiger partial charge in [0, 0.05) is 16.8 Å². The highest BCUT2D eigenvalue weighted by molar-refractivity contribution is 5.76. The molecule has 2 heteroatoms. The van der Waals surface area contributed by atoms with E-state index in [4.69, 9.17) is 2.67 Å². The summed E-state index contributed by atoms with van der Waals surface area (Å²) in [5.74, 6) is 0. The molecule has 2 saturated carbocycles. The average Bonchev–Trinajstić information content (AvgIpc) is 2.28. The van der Waals surface area contributed by atoms with E-state index in [1.54, 1.807) is 0 Å². The number of hydrogen-bond donors (Lipinski definition) is 0. The highest BCUT2D eigenvalue weighted by Gasteiger charge is 2.03. The molecule has 0 unspecified atom stereocenters. The van der Waals surface area contributed by atoms with Crippen molar-refractivity contribution < 1.29 is 0 Å². The second kappa shape index (κ2) is 18.9. The molecule has 0 saturated heterocycles. The Morgan fingerprint density at radius 1 is 0.850 bits per heavy atom. The molecule has 0 aliphatic heterocycles. The Balaban J connectivity index is -0.0000000921. The second-order valence-corrected chi connectivity index (χ2v) is 6.95. The van der Waals surface area contributed by atoms with Crippen LogP contribution in [0.4, 0.5) is 0 Å². The van der Waals surface area contributed by atoms with Gasteiger partial charge in [-0.05, 0) is 21.9 Å². The van der Waals surface area contributed by atoms with Crippen molar-refractivity contribution in [2.75, 3.05) is 0 Å². The van der Waals surface area contributed by atoms with Crippen molar-refractivity contribution in [2.24, 2.45) is 5.41 Å². The molecular formula is C18H40B2. The lowest BCUT2D eigenvalue weighted by atomic mass is 9.94. The molecule has 2 aliphatic rings. The first kappa shape index (κ1) is 22.2. The summed E-state index contributed by atoms with van der Waals surface area (Å²) in [5, 5.41) is 0. The van der Waals surface area contributed by atoms with Gasteiger partial charge in [0.1, 0.15) is 0 Å². The van der Waals surface area contributed by atoms with Crippen LogP contribution in [0.25, 0.3) is 0 Å². The van der Waals surface area contributed by atoms with Crippen LogP contribution in [0.15, 0.2) is 12.2 Å². The van der Waals surface area contributed by atoms with E-state index in [0.717, 1.165) is 0 Å². The lowest BCUT2D eigenvalue weighted by Gasteiger charge is -2.12. The van der Waals surface area contributed by atoms with E-state index >= 15 is 0 Å². The minimum Gasteiger partial charge on any atom is -0.100 e. The number of hydrogen-bond acceptors (Lipinski definition) is 0. The summed E-state index contributed by atoms with van der Waals surface area (Å²) < 4.78 is 10.5. The molecule has 2 fully saturated rings. The smallest absolute Gasteiger partial charge is 0.0379 e. The van der Waals surface area contributed by atoms with Gasteiger partial charge in [-0.25, -0.2) is 0 Å². The third-order valence-electron chi connectivity index (χ3n) is 3.06. The average molecular weight is 280 g/mol. The molecule has 0 bridgehead atoms. The monoisotopic (exact) mass is 280 g/mol. The summed E-state index contributed by atoms with van der Waals surface area (Å²) >= 11 is 0. The molecule has 0 aromatic rings. The van der Waals surface area contributed by atoms with E-state index in [2.05, 4.69) is 51.0 Å². The van der Waals surface area contributed by atoms with Crippen molar-refractivity contribution in [3.05, 3.63) is 12.2 Å². The molecule has 118 valence electrons. The van der Waals surface area contributed by atoms with Crippen LogP contribution in [-0.2, 0) is 0 Å². The highest BCUT2D eigenvalue weighted by atomic mass is 14.1. The van der Waals surface area contributed by atoms with Crippen molar-refractivity contribution in [1.82, 2.24) is 0 Å². The summed E-state index contributed by atoms with van der Waals surface area (Å²) in [5.41, 5.74) is 1.71. The van der Waals surface area contributed by atoms with Crippen molar-refractivity contribution in [3.63, 3.8) is 0 Å². The second-order valence-electron chi connectivity index (χ2n) is 6.95. The quantitative estimate of drug-likeness (QED) is 0.385. The van der Waals surface area contributed by atoms with Crippen molar-refractivity contribution in [2.45, 2.75) is 99.3 Å². The first-order chi connectivity index (χ1) is 10.3. The molecule has 0 aromatic carbocycles. The molecule has 0 nitrogen and oxygen atoms in total. The molecule has 0 N–H and O–H groups in total. The Labute approximate surface area is 137 Å². The van der Waals surface area contributed by atoms with Crippen LogP contribution in [0.2, 0.25) is 0 Å². The summed E-state index contributed by atoms with van der Waals surface area (Å²) in [6, 6.07) is 0. The van der Waals surface area contributed by atoms with Gasteiger partial charge in [-0.1, -0.05) is 91.1 Å². The molecule has 0 spiro atoms. The van der Waals surface area contributed by atoms with Crippen LogP contribution in [0.3, 0.4) is 0 Å². The topological polar surface area (TPSA) is 0 Å². The maximum absolute atomic E-state index is 5.25. The number of allylic oxidation sites excluding steroid dienone is 1. The highest BCUT2D eigenvalue weighted by Crippen LogP contribution is 2.16. The van der Waals surface area contributed by atoms with Gasteiger partial charge in [0.15, 0.2) is 0 Å². The third kappa shape index (κ3) is 43.0. The Morgan fingerprint density at radius 2 is 0.950 bits per heavy atom. The normalized spacial score (nSPS) is 15.1. The van der Waals surface area contributed by atoms with Gasteiger partial charge < -0.3 is 0 Å². The van der Waals surface area contributed by atoms with Gasteiger partial charge in [0.2, 0.25) is 0 Å². The maximum atomic E-state index is 5.25. The van der Waals surface area contributed by atoms with Gasteiger partial charge in [0.05, 0.1) is 0 Å². The van der Waals surface area contributed by atoms with Gasteiger partial charge in [0.25, 0.3) is 0 Å². The summed E-state index contributed by atoms with van der Waals surface area (Å²) in [4.78, 5) is 0. The van der Waals surface area contributed by atoms with E-state index in [1.807, 2.05) is 13.8 Å². The van der Waals surface area contributed by atoms with E-state index in [0.29, 0.717) is 5.41 Å². The van der Waals surface area contributed by atoms with Gasteiger partial charge in [-0.3, -0.25) is 0 Å². The fourth-order valence-electron chi connectivity index (χ4n) is 0.500. The van der Waals surface area contributed by atoms with Crippen molar-refractivity contribution >= 4 is 16.8 Å². The lowest BCUT2D eigenvalue weighted by molar-refractivity contribution is 0.398. The zero-order chi connectivity index (χ0) is 18.4. The zero-order valence-corrected chi connectivity index (χ0v) is 15.2. The summed E-state index contributed by atoms with van der Waals surface area (Å²) in [6.07, 6.45) is 13.3. The van der Waals surface area contributed by atoms with Crippen LogP contribution in [0, 0.1) is 5.41 Å². The molecular weight excluding hydrogens is 238 g/mol. The van der Waals surface area contributed by atoms with Crippen LogP contribution < -0.4 is 0 Å². The molecule has 0 aromatic heterocycles. The van der Waals surface area contributed by atoms with Gasteiger partial charge in [-0.15, -0.1) is 6.58 Å².